The Morgan fingerprint density at radius 2 is 1.57 bits per heavy atom. The average Bonchev–Trinajstić information content (AvgIpc) is 2.84. The van der Waals surface area contributed by atoms with Crippen LogP contribution < -0.4 is 10.2 Å². The summed E-state index contributed by atoms with van der Waals surface area (Å²) < 4.78 is 0.930. The van der Waals surface area contributed by atoms with Gasteiger partial charge in [-0.3, -0.25) is 19.7 Å². The van der Waals surface area contributed by atoms with Crippen molar-refractivity contribution in [1.82, 2.24) is 0 Å². The number of nitro groups is 1. The monoisotopic (exact) mass is 529 g/mol. The summed E-state index contributed by atoms with van der Waals surface area (Å²) in [6, 6.07) is 17.0. The Hall–Kier alpha value is -4.04. The van der Waals surface area contributed by atoms with Gasteiger partial charge in [0.2, 0.25) is 0 Å². The first kappa shape index (κ1) is 22.7. The van der Waals surface area contributed by atoms with E-state index in [1.807, 2.05) is 45.0 Å². The number of nitrogens with one attached hydrogen (secondary N) is 1. The number of amides is 2. The molecule has 1 aliphatic rings. The molecule has 0 bridgehead atoms. The number of aryl methyl sites for hydroxylation is 1. The van der Waals surface area contributed by atoms with Crippen LogP contribution in [0.5, 0.6) is 0 Å². The van der Waals surface area contributed by atoms with Crippen LogP contribution in [0.2, 0.25) is 0 Å². The Morgan fingerprint density at radius 3 is 2.26 bits per heavy atom. The van der Waals surface area contributed by atoms with Crippen molar-refractivity contribution >= 4 is 61.3 Å². The highest BCUT2D eigenvalue weighted by atomic mass is 79.9. The van der Waals surface area contributed by atoms with Gasteiger partial charge in [-0.15, -0.1) is 0 Å². The minimum Gasteiger partial charge on any atom is -0.349 e. The Bertz CT molecular complexity index is 1580. The van der Waals surface area contributed by atoms with Crippen molar-refractivity contribution in [2.75, 3.05) is 10.2 Å². The van der Waals surface area contributed by atoms with E-state index in [-0.39, 0.29) is 16.9 Å². The number of imide groups is 1. The third-order valence-electron chi connectivity index (χ3n) is 6.48. The molecule has 5 rings (SSSR count). The molecule has 174 valence electrons. The molecule has 0 atom stereocenters. The van der Waals surface area contributed by atoms with Crippen LogP contribution in [-0.2, 0) is 0 Å². The second-order valence-corrected chi connectivity index (χ2v) is 9.41. The van der Waals surface area contributed by atoms with Gasteiger partial charge in [0.25, 0.3) is 17.5 Å². The highest BCUT2D eigenvalue weighted by Gasteiger charge is 2.37. The maximum atomic E-state index is 13.5. The highest BCUT2D eigenvalue weighted by Crippen LogP contribution is 2.43. The molecule has 0 saturated heterocycles. The maximum absolute atomic E-state index is 13.5. The van der Waals surface area contributed by atoms with E-state index in [2.05, 4.69) is 21.2 Å². The Labute approximate surface area is 209 Å². The highest BCUT2D eigenvalue weighted by molar-refractivity contribution is 9.10. The summed E-state index contributed by atoms with van der Waals surface area (Å²) in [6.07, 6.45) is 0. The van der Waals surface area contributed by atoms with E-state index < -0.39 is 16.7 Å². The fourth-order valence-corrected chi connectivity index (χ4v) is 4.84. The predicted octanol–water partition coefficient (Wildman–Crippen LogP) is 6.98. The molecular formula is C27H20BrN3O4. The van der Waals surface area contributed by atoms with Gasteiger partial charge in [0, 0.05) is 32.6 Å². The van der Waals surface area contributed by atoms with E-state index in [0.717, 1.165) is 26.1 Å². The molecule has 0 saturated carbocycles. The number of nitrogens with zero attached hydrogens (tertiary/aromatic N) is 2. The fraction of sp³-hybridized carbons (Fsp3) is 0.111. The Morgan fingerprint density at radius 1 is 0.886 bits per heavy atom. The lowest BCUT2D eigenvalue weighted by Gasteiger charge is -2.28. The van der Waals surface area contributed by atoms with Gasteiger partial charge in [-0.2, -0.15) is 0 Å². The number of carbonyl (C=O) groups excluding carboxylic acids is 2. The largest absolute Gasteiger partial charge is 0.349 e. The Kier molecular flexibility index (Phi) is 5.40. The van der Waals surface area contributed by atoms with E-state index in [4.69, 9.17) is 0 Å². The first-order valence-corrected chi connectivity index (χ1v) is 11.7. The minimum atomic E-state index is -0.590. The minimum absolute atomic E-state index is 0.122. The zero-order valence-electron chi connectivity index (χ0n) is 19.2. The summed E-state index contributed by atoms with van der Waals surface area (Å²) in [5, 5.41) is 16.2. The van der Waals surface area contributed by atoms with Crippen LogP contribution in [0.4, 0.5) is 22.7 Å². The molecule has 35 heavy (non-hydrogen) atoms. The van der Waals surface area contributed by atoms with Crippen LogP contribution in [0.3, 0.4) is 0 Å². The molecule has 0 fully saturated rings. The third kappa shape index (κ3) is 3.57. The molecule has 4 aromatic carbocycles. The lowest BCUT2D eigenvalue weighted by molar-refractivity contribution is -0.383. The average molecular weight is 530 g/mol. The van der Waals surface area contributed by atoms with Crippen LogP contribution in [0.25, 0.3) is 10.8 Å². The van der Waals surface area contributed by atoms with Crippen molar-refractivity contribution in [3.05, 3.63) is 103 Å². The second-order valence-electron chi connectivity index (χ2n) is 8.55. The van der Waals surface area contributed by atoms with Gasteiger partial charge in [0.15, 0.2) is 0 Å². The first-order valence-electron chi connectivity index (χ1n) is 10.9. The van der Waals surface area contributed by atoms with Gasteiger partial charge >= 0.3 is 0 Å². The standard InChI is InChI=1S/C27H20BrN3O4/c1-14-7-9-17(10-8-14)30-26(32)19-6-4-5-18-24(19)20(27(30)33)13-23(31(34)35)25(18)29-22-12-11-21(28)15(2)16(22)3/h4-13,29H,1-3H3. The summed E-state index contributed by atoms with van der Waals surface area (Å²) >= 11 is 3.51. The van der Waals surface area contributed by atoms with E-state index in [9.17, 15) is 19.7 Å². The van der Waals surface area contributed by atoms with Crippen molar-refractivity contribution < 1.29 is 14.5 Å². The zero-order chi connectivity index (χ0) is 25.0. The van der Waals surface area contributed by atoms with Crippen molar-refractivity contribution in [3.8, 4) is 0 Å². The molecule has 1 N–H and O–H groups in total. The molecule has 0 aliphatic carbocycles. The van der Waals surface area contributed by atoms with Gasteiger partial charge in [0.05, 0.1) is 16.2 Å². The number of hydrogen-bond acceptors (Lipinski definition) is 5. The molecule has 8 heteroatoms. The first-order chi connectivity index (χ1) is 16.7. The second kappa shape index (κ2) is 8.32. The summed E-state index contributed by atoms with van der Waals surface area (Å²) in [5.41, 5.74) is 4.46. The smallest absolute Gasteiger partial charge is 0.294 e. The number of anilines is 3. The van der Waals surface area contributed by atoms with Crippen LogP contribution in [0, 0.1) is 30.9 Å². The van der Waals surface area contributed by atoms with Crippen molar-refractivity contribution in [2.24, 2.45) is 0 Å². The molecule has 1 heterocycles. The van der Waals surface area contributed by atoms with Crippen molar-refractivity contribution in [3.63, 3.8) is 0 Å². The molecular weight excluding hydrogens is 510 g/mol. The SMILES string of the molecule is Cc1ccc(N2C(=O)c3cccc4c(Nc5ccc(Br)c(C)c5C)c([N+](=O)[O-])cc(c34)C2=O)cc1. The molecule has 1 aliphatic heterocycles. The van der Waals surface area contributed by atoms with E-state index in [1.54, 1.807) is 30.3 Å². The number of hydrogen-bond donors (Lipinski definition) is 1. The van der Waals surface area contributed by atoms with E-state index in [0.29, 0.717) is 27.7 Å². The van der Waals surface area contributed by atoms with Gasteiger partial charge in [-0.25, -0.2) is 4.90 Å². The predicted molar refractivity (Wildman–Crippen MR) is 140 cm³/mol. The van der Waals surface area contributed by atoms with Crippen LogP contribution in [0.15, 0.2) is 65.1 Å². The van der Waals surface area contributed by atoms with Gasteiger partial charge in [-0.1, -0.05) is 45.8 Å². The molecule has 0 spiro atoms. The molecule has 0 radical (unpaired) electrons. The maximum Gasteiger partial charge on any atom is 0.294 e. The number of carbonyl (C=O) groups is 2. The molecule has 0 aromatic heterocycles. The Balaban J connectivity index is 1.75. The lowest BCUT2D eigenvalue weighted by Crippen LogP contribution is -2.40. The molecule has 7 nitrogen and oxygen atoms in total. The third-order valence-corrected chi connectivity index (χ3v) is 7.34. The van der Waals surface area contributed by atoms with Crippen LogP contribution in [0.1, 0.15) is 37.4 Å². The molecule has 0 unspecified atom stereocenters. The zero-order valence-corrected chi connectivity index (χ0v) is 20.8. The number of halogens is 1. The number of nitro benzene ring substituents is 1. The lowest BCUT2D eigenvalue weighted by atomic mass is 9.91. The van der Waals surface area contributed by atoms with Crippen LogP contribution in [-0.4, -0.2) is 16.7 Å². The summed E-state index contributed by atoms with van der Waals surface area (Å²) in [6.45, 7) is 5.78. The van der Waals surface area contributed by atoms with Gasteiger partial charge in [0.1, 0.15) is 5.69 Å². The van der Waals surface area contributed by atoms with Gasteiger partial charge < -0.3 is 5.32 Å². The summed E-state index contributed by atoms with van der Waals surface area (Å²) in [5.74, 6) is -1.06. The van der Waals surface area contributed by atoms with Gasteiger partial charge in [-0.05, 0) is 62.2 Å². The normalized spacial score (nSPS) is 12.9. The quantitative estimate of drug-likeness (QED) is 0.175. The van der Waals surface area contributed by atoms with Crippen molar-refractivity contribution in [1.29, 1.82) is 0 Å². The summed E-state index contributed by atoms with van der Waals surface area (Å²) in [4.78, 5) is 39.7. The fourth-order valence-electron chi connectivity index (χ4n) is 4.41. The molecule has 4 aromatic rings. The van der Waals surface area contributed by atoms with Crippen molar-refractivity contribution in [2.45, 2.75) is 20.8 Å². The van der Waals surface area contributed by atoms with E-state index in [1.165, 1.54) is 6.07 Å². The summed E-state index contributed by atoms with van der Waals surface area (Å²) in [7, 11) is 0. The van der Waals surface area contributed by atoms with Crippen LogP contribution >= 0.6 is 15.9 Å². The van der Waals surface area contributed by atoms with E-state index >= 15 is 0 Å². The number of benzene rings is 4. The topological polar surface area (TPSA) is 92.6 Å². The number of rotatable bonds is 4. The molecule has 2 amide bonds.